The zero-order valence-corrected chi connectivity index (χ0v) is 11.4. The first-order valence-corrected chi connectivity index (χ1v) is 6.98. The number of carbonyl (C=O) groups excluding carboxylic acids is 1. The Labute approximate surface area is 105 Å². The van der Waals surface area contributed by atoms with Crippen molar-refractivity contribution < 1.29 is 9.53 Å². The molecule has 0 aromatic rings. The minimum Gasteiger partial charge on any atom is -0.456 e. The molecule has 1 aliphatic rings. The quantitative estimate of drug-likeness (QED) is 0.403. The number of esters is 1. The van der Waals surface area contributed by atoms with Gasteiger partial charge in [0.15, 0.2) is 0 Å². The summed E-state index contributed by atoms with van der Waals surface area (Å²) >= 11 is 0. The van der Waals surface area contributed by atoms with Crippen LogP contribution in [0, 0.1) is 0 Å². The van der Waals surface area contributed by atoms with E-state index in [1.165, 1.54) is 25.7 Å². The largest absolute Gasteiger partial charge is 0.456 e. The lowest BCUT2D eigenvalue weighted by molar-refractivity contribution is -0.157. The van der Waals surface area contributed by atoms with Gasteiger partial charge in [0, 0.05) is 5.57 Å². The monoisotopic (exact) mass is 238 g/mol. The van der Waals surface area contributed by atoms with Gasteiger partial charge in [0.05, 0.1) is 0 Å². The van der Waals surface area contributed by atoms with Crippen molar-refractivity contribution in [3.05, 3.63) is 12.2 Å². The summed E-state index contributed by atoms with van der Waals surface area (Å²) in [5, 5.41) is 0. The third-order valence-electron chi connectivity index (χ3n) is 3.66. The first-order valence-electron chi connectivity index (χ1n) is 6.98. The summed E-state index contributed by atoms with van der Waals surface area (Å²) in [6.07, 6.45) is 10.3. The lowest BCUT2D eigenvalue weighted by atomic mass is 9.88. The van der Waals surface area contributed by atoms with Crippen molar-refractivity contribution in [3.8, 4) is 0 Å². The lowest BCUT2D eigenvalue weighted by Gasteiger charge is -2.32. The number of hydrogen-bond donors (Lipinski definition) is 0. The molecule has 0 aliphatic heterocycles. The van der Waals surface area contributed by atoms with Gasteiger partial charge < -0.3 is 4.74 Å². The molecule has 0 unspecified atom stereocenters. The second kappa shape index (κ2) is 6.83. The third kappa shape index (κ3) is 4.53. The molecule has 1 saturated carbocycles. The minimum absolute atomic E-state index is 0.192. The summed E-state index contributed by atoms with van der Waals surface area (Å²) in [6.45, 7) is 7.60. The average Bonchev–Trinajstić information content (AvgIpc) is 2.52. The SMILES string of the molecule is C=C(C)C(=O)OC1(CCCC)CCCCCC1. The van der Waals surface area contributed by atoms with Crippen LogP contribution in [-0.4, -0.2) is 11.6 Å². The van der Waals surface area contributed by atoms with Crippen molar-refractivity contribution in [2.75, 3.05) is 0 Å². The van der Waals surface area contributed by atoms with Crippen LogP contribution >= 0.6 is 0 Å². The topological polar surface area (TPSA) is 26.3 Å². The minimum atomic E-state index is -0.206. The summed E-state index contributed by atoms with van der Waals surface area (Å²) in [7, 11) is 0. The summed E-state index contributed by atoms with van der Waals surface area (Å²) < 4.78 is 5.78. The Kier molecular flexibility index (Phi) is 5.73. The van der Waals surface area contributed by atoms with Crippen molar-refractivity contribution in [2.24, 2.45) is 0 Å². The molecule has 2 nitrogen and oxygen atoms in total. The van der Waals surface area contributed by atoms with Gasteiger partial charge in [-0.1, -0.05) is 32.8 Å². The van der Waals surface area contributed by atoms with Crippen molar-refractivity contribution in [2.45, 2.75) is 77.2 Å². The number of hydrogen-bond acceptors (Lipinski definition) is 2. The maximum atomic E-state index is 11.8. The zero-order chi connectivity index (χ0) is 12.7. The number of ether oxygens (including phenoxy) is 1. The van der Waals surface area contributed by atoms with Crippen LogP contribution in [0.15, 0.2) is 12.2 Å². The molecule has 0 spiro atoms. The Morgan fingerprint density at radius 1 is 1.24 bits per heavy atom. The molecule has 1 fully saturated rings. The summed E-state index contributed by atoms with van der Waals surface area (Å²) in [5.41, 5.74) is 0.327. The molecule has 0 aromatic heterocycles. The van der Waals surface area contributed by atoms with E-state index in [4.69, 9.17) is 4.74 Å². The molecule has 0 aromatic carbocycles. The summed E-state index contributed by atoms with van der Waals surface area (Å²) in [4.78, 5) is 11.8. The first-order chi connectivity index (χ1) is 8.09. The van der Waals surface area contributed by atoms with Crippen molar-refractivity contribution in [1.82, 2.24) is 0 Å². The van der Waals surface area contributed by atoms with Gasteiger partial charge in [0.1, 0.15) is 5.60 Å². The van der Waals surface area contributed by atoms with E-state index in [2.05, 4.69) is 13.5 Å². The van der Waals surface area contributed by atoms with Gasteiger partial charge >= 0.3 is 5.97 Å². The highest BCUT2D eigenvalue weighted by Crippen LogP contribution is 2.35. The van der Waals surface area contributed by atoms with Crippen LogP contribution in [0.3, 0.4) is 0 Å². The third-order valence-corrected chi connectivity index (χ3v) is 3.66. The van der Waals surface area contributed by atoms with E-state index in [0.29, 0.717) is 5.57 Å². The highest BCUT2D eigenvalue weighted by molar-refractivity contribution is 5.87. The fourth-order valence-corrected chi connectivity index (χ4v) is 2.56. The molecule has 1 aliphatic carbocycles. The van der Waals surface area contributed by atoms with Crippen LogP contribution in [0.2, 0.25) is 0 Å². The fraction of sp³-hybridized carbons (Fsp3) is 0.800. The predicted octanol–water partition coefficient (Wildman–Crippen LogP) is 4.39. The Morgan fingerprint density at radius 2 is 1.82 bits per heavy atom. The van der Waals surface area contributed by atoms with Gasteiger partial charge in [-0.25, -0.2) is 4.79 Å². The highest BCUT2D eigenvalue weighted by Gasteiger charge is 2.34. The van der Waals surface area contributed by atoms with Crippen LogP contribution < -0.4 is 0 Å². The number of unbranched alkanes of at least 4 members (excludes halogenated alkanes) is 1. The van der Waals surface area contributed by atoms with E-state index in [1.807, 2.05) is 0 Å². The molecule has 0 atom stereocenters. The molecule has 0 heterocycles. The molecular weight excluding hydrogens is 212 g/mol. The number of carbonyl (C=O) groups is 1. The molecule has 0 saturated heterocycles. The lowest BCUT2D eigenvalue weighted by Crippen LogP contribution is -2.35. The molecule has 2 heteroatoms. The maximum absolute atomic E-state index is 11.8. The van der Waals surface area contributed by atoms with Crippen molar-refractivity contribution in [1.29, 1.82) is 0 Å². The van der Waals surface area contributed by atoms with Crippen LogP contribution in [0.4, 0.5) is 0 Å². The van der Waals surface area contributed by atoms with E-state index in [9.17, 15) is 4.79 Å². The van der Waals surface area contributed by atoms with Gasteiger partial charge in [-0.2, -0.15) is 0 Å². The van der Waals surface area contributed by atoms with Crippen molar-refractivity contribution >= 4 is 5.97 Å². The van der Waals surface area contributed by atoms with Gasteiger partial charge in [0.2, 0.25) is 0 Å². The van der Waals surface area contributed by atoms with Crippen LogP contribution in [-0.2, 0) is 9.53 Å². The average molecular weight is 238 g/mol. The van der Waals surface area contributed by atoms with Gasteiger partial charge in [0.25, 0.3) is 0 Å². The highest BCUT2D eigenvalue weighted by atomic mass is 16.6. The van der Waals surface area contributed by atoms with E-state index in [-0.39, 0.29) is 11.6 Å². The predicted molar refractivity (Wildman–Crippen MR) is 70.9 cm³/mol. The van der Waals surface area contributed by atoms with Gasteiger partial charge in [-0.05, 0) is 45.4 Å². The molecule has 17 heavy (non-hydrogen) atoms. The second-order valence-electron chi connectivity index (χ2n) is 5.37. The first kappa shape index (κ1) is 14.3. The maximum Gasteiger partial charge on any atom is 0.333 e. The summed E-state index contributed by atoms with van der Waals surface area (Å²) in [5.74, 6) is -0.206. The summed E-state index contributed by atoms with van der Waals surface area (Å²) in [6, 6.07) is 0. The fourth-order valence-electron chi connectivity index (χ4n) is 2.56. The van der Waals surface area contributed by atoms with Gasteiger partial charge in [-0.3, -0.25) is 0 Å². The van der Waals surface area contributed by atoms with E-state index < -0.39 is 0 Å². The number of rotatable bonds is 5. The van der Waals surface area contributed by atoms with Crippen LogP contribution in [0.1, 0.15) is 71.6 Å². The van der Waals surface area contributed by atoms with Crippen LogP contribution in [0.5, 0.6) is 0 Å². The molecule has 0 radical (unpaired) electrons. The zero-order valence-electron chi connectivity index (χ0n) is 11.4. The van der Waals surface area contributed by atoms with E-state index in [1.54, 1.807) is 6.92 Å². The molecular formula is C15H26O2. The normalized spacial score (nSPS) is 19.4. The Morgan fingerprint density at radius 3 is 2.29 bits per heavy atom. The molecule has 0 N–H and O–H groups in total. The van der Waals surface area contributed by atoms with Crippen LogP contribution in [0.25, 0.3) is 0 Å². The van der Waals surface area contributed by atoms with E-state index in [0.717, 1.165) is 32.1 Å². The Hall–Kier alpha value is -0.790. The molecule has 98 valence electrons. The van der Waals surface area contributed by atoms with Crippen molar-refractivity contribution in [3.63, 3.8) is 0 Å². The second-order valence-corrected chi connectivity index (χ2v) is 5.37. The molecule has 0 bridgehead atoms. The standard InChI is InChI=1S/C15H26O2/c1-4-5-10-15(17-14(16)13(2)3)11-8-6-7-9-12-15/h2,4-12H2,1,3H3. The molecule has 1 rings (SSSR count). The smallest absolute Gasteiger partial charge is 0.333 e. The Balaban J connectivity index is 2.68. The van der Waals surface area contributed by atoms with E-state index >= 15 is 0 Å². The molecule has 0 amide bonds. The Bertz CT molecular complexity index is 260. The van der Waals surface area contributed by atoms with Gasteiger partial charge in [-0.15, -0.1) is 0 Å².